The fourth-order valence-electron chi connectivity index (χ4n) is 2.64. The molecule has 0 bridgehead atoms. The van der Waals surface area contributed by atoms with E-state index in [0.717, 1.165) is 30.0 Å². The van der Waals surface area contributed by atoms with Crippen molar-refractivity contribution in [2.24, 2.45) is 5.92 Å². The van der Waals surface area contributed by atoms with Crippen LogP contribution in [0.3, 0.4) is 0 Å². The molecule has 2 aliphatic rings. The van der Waals surface area contributed by atoms with Crippen LogP contribution in [0.2, 0.25) is 0 Å². The standard InChI is InChI=1S/C16H19NO3/c1-2-12-9-16(18)17(10-12)11-13-4-5-14-15(8-13)20-7-3-6-19-14/h2,4-5,8,12H,1,3,6-7,9-11H2. The second kappa shape index (κ2) is 5.57. The minimum Gasteiger partial charge on any atom is -0.490 e. The highest BCUT2D eigenvalue weighted by molar-refractivity contribution is 5.79. The maximum Gasteiger partial charge on any atom is 0.223 e. The number of nitrogens with zero attached hydrogens (tertiary/aromatic N) is 1. The smallest absolute Gasteiger partial charge is 0.223 e. The Morgan fingerprint density at radius 1 is 1.30 bits per heavy atom. The molecule has 1 saturated heterocycles. The first-order valence-electron chi connectivity index (χ1n) is 7.05. The molecule has 0 aromatic heterocycles. The van der Waals surface area contributed by atoms with Gasteiger partial charge in [0.05, 0.1) is 13.2 Å². The molecule has 2 heterocycles. The van der Waals surface area contributed by atoms with E-state index in [1.165, 1.54) is 0 Å². The first-order chi connectivity index (χ1) is 9.76. The van der Waals surface area contributed by atoms with Crippen LogP contribution in [-0.4, -0.2) is 30.6 Å². The van der Waals surface area contributed by atoms with E-state index in [-0.39, 0.29) is 11.8 Å². The highest BCUT2D eigenvalue weighted by atomic mass is 16.5. The quantitative estimate of drug-likeness (QED) is 0.794. The van der Waals surface area contributed by atoms with Crippen LogP contribution in [-0.2, 0) is 11.3 Å². The molecule has 4 heteroatoms. The Hall–Kier alpha value is -1.97. The van der Waals surface area contributed by atoms with E-state index in [2.05, 4.69) is 6.58 Å². The van der Waals surface area contributed by atoms with Crippen molar-refractivity contribution >= 4 is 5.91 Å². The lowest BCUT2D eigenvalue weighted by molar-refractivity contribution is -0.128. The van der Waals surface area contributed by atoms with E-state index in [1.54, 1.807) is 0 Å². The Labute approximate surface area is 119 Å². The van der Waals surface area contributed by atoms with Crippen molar-refractivity contribution in [1.82, 2.24) is 4.90 Å². The van der Waals surface area contributed by atoms with E-state index in [1.807, 2.05) is 29.2 Å². The van der Waals surface area contributed by atoms with Crippen LogP contribution < -0.4 is 9.47 Å². The maximum atomic E-state index is 11.9. The Kier molecular flexibility index (Phi) is 3.63. The number of amides is 1. The van der Waals surface area contributed by atoms with Crippen molar-refractivity contribution < 1.29 is 14.3 Å². The largest absolute Gasteiger partial charge is 0.490 e. The highest BCUT2D eigenvalue weighted by Gasteiger charge is 2.27. The second-order valence-electron chi connectivity index (χ2n) is 5.31. The topological polar surface area (TPSA) is 38.8 Å². The molecule has 1 fully saturated rings. The molecule has 1 atom stereocenters. The summed E-state index contributed by atoms with van der Waals surface area (Å²) in [4.78, 5) is 13.8. The third kappa shape index (κ3) is 2.64. The molecule has 1 unspecified atom stereocenters. The van der Waals surface area contributed by atoms with Crippen LogP contribution in [0.5, 0.6) is 11.5 Å². The second-order valence-corrected chi connectivity index (χ2v) is 5.31. The van der Waals surface area contributed by atoms with Crippen molar-refractivity contribution in [2.75, 3.05) is 19.8 Å². The number of likely N-dealkylation sites (tertiary alicyclic amines) is 1. The number of rotatable bonds is 3. The van der Waals surface area contributed by atoms with Crippen molar-refractivity contribution in [1.29, 1.82) is 0 Å². The zero-order chi connectivity index (χ0) is 13.9. The molecule has 0 aliphatic carbocycles. The molecular weight excluding hydrogens is 254 g/mol. The Balaban J connectivity index is 1.73. The average molecular weight is 273 g/mol. The molecule has 1 aromatic carbocycles. The number of benzene rings is 1. The van der Waals surface area contributed by atoms with Gasteiger partial charge in [0, 0.05) is 31.8 Å². The average Bonchev–Trinajstić information content (AvgIpc) is 2.67. The molecular formula is C16H19NO3. The predicted octanol–water partition coefficient (Wildman–Crippen LogP) is 2.38. The molecule has 0 saturated carbocycles. The Morgan fingerprint density at radius 2 is 2.10 bits per heavy atom. The molecule has 4 nitrogen and oxygen atoms in total. The van der Waals surface area contributed by atoms with Gasteiger partial charge in [0.1, 0.15) is 0 Å². The van der Waals surface area contributed by atoms with Gasteiger partial charge < -0.3 is 14.4 Å². The normalized spacial score (nSPS) is 21.7. The summed E-state index contributed by atoms with van der Waals surface area (Å²) < 4.78 is 11.3. The predicted molar refractivity (Wildman–Crippen MR) is 75.8 cm³/mol. The summed E-state index contributed by atoms with van der Waals surface area (Å²) in [5.41, 5.74) is 1.08. The minimum atomic E-state index is 0.196. The Bertz CT molecular complexity index is 526. The molecule has 0 radical (unpaired) electrons. The summed E-state index contributed by atoms with van der Waals surface area (Å²) in [6.07, 6.45) is 3.34. The van der Waals surface area contributed by atoms with E-state index in [4.69, 9.17) is 9.47 Å². The molecule has 2 aliphatic heterocycles. The van der Waals surface area contributed by atoms with Gasteiger partial charge in [-0.15, -0.1) is 6.58 Å². The van der Waals surface area contributed by atoms with Crippen LogP contribution in [0.25, 0.3) is 0 Å². The van der Waals surface area contributed by atoms with Gasteiger partial charge in [-0.05, 0) is 17.7 Å². The summed E-state index contributed by atoms with van der Waals surface area (Å²) >= 11 is 0. The zero-order valence-electron chi connectivity index (χ0n) is 11.5. The SMILES string of the molecule is C=CC1CC(=O)N(Cc2ccc3c(c2)OCCCO3)C1. The molecule has 1 amide bonds. The first kappa shape index (κ1) is 13.0. The van der Waals surface area contributed by atoms with Crippen molar-refractivity contribution in [3.05, 3.63) is 36.4 Å². The van der Waals surface area contributed by atoms with Gasteiger partial charge in [-0.1, -0.05) is 12.1 Å². The van der Waals surface area contributed by atoms with Crippen LogP contribution in [0.4, 0.5) is 0 Å². The number of carbonyl (C=O) groups excluding carboxylic acids is 1. The lowest BCUT2D eigenvalue weighted by atomic mass is 10.1. The van der Waals surface area contributed by atoms with Gasteiger partial charge in [-0.2, -0.15) is 0 Å². The zero-order valence-corrected chi connectivity index (χ0v) is 11.5. The third-order valence-electron chi connectivity index (χ3n) is 3.76. The van der Waals surface area contributed by atoms with Gasteiger partial charge in [-0.3, -0.25) is 4.79 Å². The first-order valence-corrected chi connectivity index (χ1v) is 7.05. The summed E-state index contributed by atoms with van der Waals surface area (Å²) in [6.45, 7) is 6.53. The van der Waals surface area contributed by atoms with Crippen molar-refractivity contribution in [3.8, 4) is 11.5 Å². The molecule has 106 valence electrons. The fourth-order valence-corrected chi connectivity index (χ4v) is 2.64. The minimum absolute atomic E-state index is 0.196. The number of hydrogen-bond acceptors (Lipinski definition) is 3. The van der Waals surface area contributed by atoms with Crippen molar-refractivity contribution in [2.45, 2.75) is 19.4 Å². The van der Waals surface area contributed by atoms with Gasteiger partial charge in [0.2, 0.25) is 5.91 Å². The summed E-state index contributed by atoms with van der Waals surface area (Å²) in [6, 6.07) is 5.92. The van der Waals surface area contributed by atoms with Gasteiger partial charge >= 0.3 is 0 Å². The molecule has 3 rings (SSSR count). The molecule has 0 spiro atoms. The van der Waals surface area contributed by atoms with Crippen LogP contribution in [0, 0.1) is 5.92 Å². The van der Waals surface area contributed by atoms with Crippen LogP contribution in [0.1, 0.15) is 18.4 Å². The van der Waals surface area contributed by atoms with Gasteiger partial charge in [0.25, 0.3) is 0 Å². The van der Waals surface area contributed by atoms with E-state index >= 15 is 0 Å². The summed E-state index contributed by atoms with van der Waals surface area (Å²) in [5, 5.41) is 0. The van der Waals surface area contributed by atoms with Crippen molar-refractivity contribution in [3.63, 3.8) is 0 Å². The lowest BCUT2D eigenvalue weighted by Crippen LogP contribution is -2.24. The highest BCUT2D eigenvalue weighted by Crippen LogP contribution is 2.31. The fraction of sp³-hybridized carbons (Fsp3) is 0.438. The monoisotopic (exact) mass is 273 g/mol. The van der Waals surface area contributed by atoms with Crippen LogP contribution in [0.15, 0.2) is 30.9 Å². The lowest BCUT2D eigenvalue weighted by Gasteiger charge is -2.17. The van der Waals surface area contributed by atoms with E-state index in [9.17, 15) is 4.79 Å². The van der Waals surface area contributed by atoms with E-state index in [0.29, 0.717) is 26.2 Å². The number of carbonyl (C=O) groups is 1. The summed E-state index contributed by atoms with van der Waals surface area (Å²) in [5.74, 6) is 2.06. The maximum absolute atomic E-state index is 11.9. The van der Waals surface area contributed by atoms with Gasteiger partial charge in [-0.25, -0.2) is 0 Å². The molecule has 0 N–H and O–H groups in total. The number of fused-ring (bicyclic) bond motifs is 1. The van der Waals surface area contributed by atoms with Gasteiger partial charge in [0.15, 0.2) is 11.5 Å². The molecule has 20 heavy (non-hydrogen) atoms. The Morgan fingerprint density at radius 3 is 2.85 bits per heavy atom. The number of ether oxygens (including phenoxy) is 2. The number of hydrogen-bond donors (Lipinski definition) is 0. The molecule has 1 aromatic rings. The van der Waals surface area contributed by atoms with Crippen LogP contribution >= 0.6 is 0 Å². The van der Waals surface area contributed by atoms with E-state index < -0.39 is 0 Å². The third-order valence-corrected chi connectivity index (χ3v) is 3.76. The summed E-state index contributed by atoms with van der Waals surface area (Å²) in [7, 11) is 0.